The molecule has 1 aliphatic heterocycles. The van der Waals surface area contributed by atoms with Crippen LogP contribution in [0.3, 0.4) is 0 Å². The summed E-state index contributed by atoms with van der Waals surface area (Å²) in [5.41, 5.74) is 1.80. The van der Waals surface area contributed by atoms with E-state index in [0.29, 0.717) is 53.7 Å². The molecule has 1 saturated heterocycles. The first-order chi connectivity index (χ1) is 16.1. The Bertz CT molecular complexity index is 1320. The van der Waals surface area contributed by atoms with Crippen molar-refractivity contribution in [3.05, 3.63) is 78.6 Å². The molecule has 0 radical (unpaired) electrons. The molecule has 0 saturated carbocycles. The fraction of sp³-hybridized carbons (Fsp3) is 0.217. The van der Waals surface area contributed by atoms with Gasteiger partial charge in [-0.1, -0.05) is 42.1 Å². The monoisotopic (exact) mass is 482 g/mol. The van der Waals surface area contributed by atoms with E-state index in [1.165, 1.54) is 16.1 Å². The third-order valence-corrected chi connectivity index (χ3v) is 8.16. The minimum atomic E-state index is -3.55. The Kier molecular flexibility index (Phi) is 6.32. The van der Waals surface area contributed by atoms with Crippen LogP contribution in [-0.2, 0) is 20.5 Å². The number of ether oxygens (including phenoxy) is 1. The van der Waals surface area contributed by atoms with Gasteiger partial charge >= 0.3 is 0 Å². The Hall–Kier alpha value is -2.92. The third kappa shape index (κ3) is 4.60. The van der Waals surface area contributed by atoms with Crippen LogP contribution < -0.4 is 0 Å². The van der Waals surface area contributed by atoms with E-state index in [1.807, 2.05) is 53.1 Å². The van der Waals surface area contributed by atoms with Crippen LogP contribution in [0.5, 0.6) is 0 Å². The fourth-order valence-corrected chi connectivity index (χ4v) is 5.99. The molecule has 0 unspecified atom stereocenters. The third-order valence-electron chi connectivity index (χ3n) is 5.26. The lowest BCUT2D eigenvalue weighted by Gasteiger charge is -2.26. The van der Waals surface area contributed by atoms with Crippen molar-refractivity contribution in [3.8, 4) is 17.3 Å². The second-order valence-corrected chi connectivity index (χ2v) is 10.3. The number of hydrogen-bond donors (Lipinski definition) is 0. The number of para-hydroxylation sites is 1. The van der Waals surface area contributed by atoms with Crippen molar-refractivity contribution < 1.29 is 17.6 Å². The number of furan rings is 1. The van der Waals surface area contributed by atoms with Crippen LogP contribution in [0.25, 0.3) is 17.3 Å². The van der Waals surface area contributed by atoms with Gasteiger partial charge in [-0.25, -0.2) is 8.42 Å². The summed E-state index contributed by atoms with van der Waals surface area (Å²) < 4.78 is 40.3. The van der Waals surface area contributed by atoms with Crippen LogP contribution in [0.2, 0.25) is 0 Å². The molecule has 0 bridgehead atoms. The largest absolute Gasteiger partial charge is 0.461 e. The molecule has 0 aliphatic carbocycles. The van der Waals surface area contributed by atoms with Gasteiger partial charge in [0.2, 0.25) is 15.8 Å². The van der Waals surface area contributed by atoms with Crippen molar-refractivity contribution in [2.75, 3.05) is 26.3 Å². The lowest BCUT2D eigenvalue weighted by Crippen LogP contribution is -2.40. The smallest absolute Gasteiger partial charge is 0.243 e. The zero-order chi connectivity index (χ0) is 22.7. The zero-order valence-electron chi connectivity index (χ0n) is 17.7. The molecule has 0 amide bonds. The number of sulfonamides is 1. The highest BCUT2D eigenvalue weighted by Crippen LogP contribution is 2.30. The Morgan fingerprint density at radius 3 is 2.52 bits per heavy atom. The number of aromatic nitrogens is 3. The lowest BCUT2D eigenvalue weighted by molar-refractivity contribution is 0.0730. The van der Waals surface area contributed by atoms with E-state index >= 15 is 0 Å². The first-order valence-electron chi connectivity index (χ1n) is 10.5. The molecule has 0 N–H and O–H groups in total. The maximum absolute atomic E-state index is 13.0. The number of nitrogens with zero attached hydrogens (tertiary/aromatic N) is 4. The number of rotatable bonds is 7. The SMILES string of the molecule is O=S(=O)(c1cccc(CSc2nnc(-c3ccco3)n2-c2ccccc2)c1)N1CCOCC1. The number of benzene rings is 2. The van der Waals surface area contributed by atoms with Gasteiger partial charge in [-0.15, -0.1) is 10.2 Å². The Balaban J connectivity index is 1.41. The van der Waals surface area contributed by atoms with Gasteiger partial charge in [0, 0.05) is 24.5 Å². The summed E-state index contributed by atoms with van der Waals surface area (Å²) >= 11 is 1.49. The summed E-state index contributed by atoms with van der Waals surface area (Å²) in [4.78, 5) is 0.295. The number of morpholine rings is 1. The van der Waals surface area contributed by atoms with E-state index in [2.05, 4.69) is 10.2 Å². The minimum Gasteiger partial charge on any atom is -0.461 e. The van der Waals surface area contributed by atoms with Crippen molar-refractivity contribution in [2.24, 2.45) is 0 Å². The van der Waals surface area contributed by atoms with E-state index in [1.54, 1.807) is 24.5 Å². The van der Waals surface area contributed by atoms with Gasteiger partial charge in [0.15, 0.2) is 10.9 Å². The van der Waals surface area contributed by atoms with Crippen LogP contribution in [0.1, 0.15) is 5.56 Å². The van der Waals surface area contributed by atoms with E-state index < -0.39 is 10.0 Å². The average Bonchev–Trinajstić information content (AvgIpc) is 3.54. The minimum absolute atomic E-state index is 0.295. The highest BCUT2D eigenvalue weighted by atomic mass is 32.2. The first kappa shape index (κ1) is 21.9. The molecular weight excluding hydrogens is 460 g/mol. The number of thioether (sulfide) groups is 1. The second kappa shape index (κ2) is 9.52. The summed E-state index contributed by atoms with van der Waals surface area (Å²) in [6, 6.07) is 20.5. The lowest BCUT2D eigenvalue weighted by atomic mass is 10.2. The zero-order valence-corrected chi connectivity index (χ0v) is 19.3. The van der Waals surface area contributed by atoms with Gasteiger partial charge in [0.1, 0.15) is 0 Å². The van der Waals surface area contributed by atoms with Crippen LogP contribution >= 0.6 is 11.8 Å². The molecule has 8 nitrogen and oxygen atoms in total. The van der Waals surface area contributed by atoms with Gasteiger partial charge in [-0.05, 0) is 42.0 Å². The summed E-state index contributed by atoms with van der Waals surface area (Å²) in [6.07, 6.45) is 1.60. The molecule has 1 fully saturated rings. The fourth-order valence-electron chi connectivity index (χ4n) is 3.62. The molecule has 33 heavy (non-hydrogen) atoms. The summed E-state index contributed by atoms with van der Waals surface area (Å²) in [7, 11) is -3.55. The molecule has 10 heteroatoms. The first-order valence-corrected chi connectivity index (χ1v) is 12.9. The average molecular weight is 483 g/mol. The molecule has 0 spiro atoms. The Morgan fingerprint density at radius 2 is 1.76 bits per heavy atom. The van der Waals surface area contributed by atoms with Gasteiger partial charge in [-0.3, -0.25) is 4.57 Å². The molecule has 2 aromatic carbocycles. The second-order valence-electron chi connectivity index (χ2n) is 7.41. The van der Waals surface area contributed by atoms with Crippen molar-refractivity contribution in [1.29, 1.82) is 0 Å². The standard InChI is InChI=1S/C23H22N4O4S2/c28-33(29,26-11-14-30-15-12-26)20-9-4-6-18(16-20)17-32-23-25-24-22(21-10-5-13-31-21)27(23)19-7-2-1-3-8-19/h1-10,13,16H,11-12,14-15,17H2. The molecule has 1 aliphatic rings. The van der Waals surface area contributed by atoms with Crippen molar-refractivity contribution >= 4 is 21.8 Å². The molecular formula is C23H22N4O4S2. The maximum Gasteiger partial charge on any atom is 0.243 e. The van der Waals surface area contributed by atoms with Gasteiger partial charge in [0.25, 0.3) is 0 Å². The van der Waals surface area contributed by atoms with Crippen molar-refractivity contribution in [2.45, 2.75) is 15.8 Å². The molecule has 170 valence electrons. The quantitative estimate of drug-likeness (QED) is 0.370. The highest BCUT2D eigenvalue weighted by molar-refractivity contribution is 7.98. The normalized spacial score (nSPS) is 15.0. The molecule has 4 aromatic rings. The van der Waals surface area contributed by atoms with Crippen molar-refractivity contribution in [1.82, 2.24) is 19.1 Å². The van der Waals surface area contributed by atoms with Crippen LogP contribution in [0.4, 0.5) is 0 Å². The number of hydrogen-bond acceptors (Lipinski definition) is 7. The van der Waals surface area contributed by atoms with E-state index in [-0.39, 0.29) is 0 Å². The predicted octanol–water partition coefficient (Wildman–Crippen LogP) is 3.84. The topological polar surface area (TPSA) is 90.5 Å². The molecule has 5 rings (SSSR count). The predicted molar refractivity (Wildman–Crippen MR) is 125 cm³/mol. The maximum atomic E-state index is 13.0. The van der Waals surface area contributed by atoms with E-state index in [4.69, 9.17) is 9.15 Å². The van der Waals surface area contributed by atoms with Gasteiger partial charge < -0.3 is 9.15 Å². The highest BCUT2D eigenvalue weighted by Gasteiger charge is 2.26. The molecule has 2 aromatic heterocycles. The van der Waals surface area contributed by atoms with E-state index in [0.717, 1.165) is 11.3 Å². The Labute approximate surface area is 196 Å². The summed E-state index contributed by atoms with van der Waals surface area (Å²) in [5.74, 6) is 1.77. The molecule has 3 heterocycles. The Morgan fingerprint density at radius 1 is 0.939 bits per heavy atom. The van der Waals surface area contributed by atoms with Crippen LogP contribution in [-0.4, -0.2) is 53.8 Å². The van der Waals surface area contributed by atoms with Crippen LogP contribution in [0.15, 0.2) is 87.5 Å². The van der Waals surface area contributed by atoms with E-state index in [9.17, 15) is 8.42 Å². The van der Waals surface area contributed by atoms with Gasteiger partial charge in [0.05, 0.1) is 24.4 Å². The molecule has 0 atom stereocenters. The summed E-state index contributed by atoms with van der Waals surface area (Å²) in [5, 5.41) is 9.42. The van der Waals surface area contributed by atoms with Crippen LogP contribution in [0, 0.1) is 0 Å². The van der Waals surface area contributed by atoms with Gasteiger partial charge in [-0.2, -0.15) is 4.31 Å². The summed E-state index contributed by atoms with van der Waals surface area (Å²) in [6.45, 7) is 1.58. The van der Waals surface area contributed by atoms with Crippen molar-refractivity contribution in [3.63, 3.8) is 0 Å².